The number of anilines is 1. The van der Waals surface area contributed by atoms with Crippen LogP contribution in [0.4, 0.5) is 5.69 Å². The summed E-state index contributed by atoms with van der Waals surface area (Å²) in [5.74, 6) is 3.36. The van der Waals surface area contributed by atoms with E-state index in [2.05, 4.69) is 21.3 Å². The quantitative estimate of drug-likeness (QED) is 0.487. The molecule has 1 aliphatic rings. The number of benzene rings is 2. The van der Waals surface area contributed by atoms with E-state index in [0.29, 0.717) is 18.4 Å². The fourth-order valence-corrected chi connectivity index (χ4v) is 3.75. The van der Waals surface area contributed by atoms with Crippen molar-refractivity contribution in [3.8, 4) is 17.2 Å². The Kier molecular flexibility index (Phi) is 7.65. The van der Waals surface area contributed by atoms with Gasteiger partial charge in [0.05, 0.1) is 27.0 Å². The number of guanidine groups is 1. The van der Waals surface area contributed by atoms with Crippen molar-refractivity contribution in [1.29, 1.82) is 0 Å². The summed E-state index contributed by atoms with van der Waals surface area (Å²) in [5.41, 5.74) is 8.36. The minimum atomic E-state index is 0.487. The fourth-order valence-electron chi connectivity index (χ4n) is 3.75. The first kappa shape index (κ1) is 21.6. The van der Waals surface area contributed by atoms with Crippen LogP contribution in [0.15, 0.2) is 47.5 Å². The second-order valence-electron chi connectivity index (χ2n) is 7.36. The van der Waals surface area contributed by atoms with Gasteiger partial charge in [0.25, 0.3) is 0 Å². The zero-order valence-electron chi connectivity index (χ0n) is 18.1. The molecule has 7 nitrogen and oxygen atoms in total. The lowest BCUT2D eigenvalue weighted by Gasteiger charge is -2.21. The number of aliphatic imine (C=N–C) groups is 1. The van der Waals surface area contributed by atoms with Crippen LogP contribution in [0.3, 0.4) is 0 Å². The minimum Gasteiger partial charge on any atom is -0.495 e. The molecule has 2 aromatic rings. The third kappa shape index (κ3) is 5.49. The average molecular weight is 413 g/mol. The molecule has 0 amide bonds. The lowest BCUT2D eigenvalue weighted by Crippen LogP contribution is -2.34. The summed E-state index contributed by atoms with van der Waals surface area (Å²) < 4.78 is 16.1. The van der Waals surface area contributed by atoms with Gasteiger partial charge in [-0.15, -0.1) is 0 Å². The monoisotopic (exact) mass is 412 g/mol. The Morgan fingerprint density at radius 3 is 2.60 bits per heavy atom. The predicted octanol–water partition coefficient (Wildman–Crippen LogP) is 2.69. The van der Waals surface area contributed by atoms with Crippen molar-refractivity contribution in [3.05, 3.63) is 48.0 Å². The van der Waals surface area contributed by atoms with E-state index in [9.17, 15) is 0 Å². The molecule has 7 heteroatoms. The normalized spacial score (nSPS) is 16.4. The molecule has 0 saturated carbocycles. The zero-order valence-corrected chi connectivity index (χ0v) is 18.1. The molecule has 1 fully saturated rings. The van der Waals surface area contributed by atoms with Crippen LogP contribution in [0.1, 0.15) is 12.0 Å². The number of nitrogens with two attached hydrogens (primary N) is 1. The molecule has 30 heavy (non-hydrogen) atoms. The summed E-state index contributed by atoms with van der Waals surface area (Å²) in [5, 5.41) is 3.20. The van der Waals surface area contributed by atoms with Crippen molar-refractivity contribution < 1.29 is 14.2 Å². The number of para-hydroxylation sites is 2. The second-order valence-corrected chi connectivity index (χ2v) is 7.36. The van der Waals surface area contributed by atoms with Gasteiger partial charge >= 0.3 is 0 Å². The van der Waals surface area contributed by atoms with Crippen molar-refractivity contribution in [2.45, 2.75) is 12.8 Å². The molecule has 1 atom stereocenters. The molecule has 0 radical (unpaired) electrons. The molecular weight excluding hydrogens is 380 g/mol. The van der Waals surface area contributed by atoms with E-state index in [0.717, 1.165) is 61.0 Å². The van der Waals surface area contributed by atoms with Crippen LogP contribution in [-0.2, 0) is 6.42 Å². The van der Waals surface area contributed by atoms with Crippen LogP contribution in [0, 0.1) is 5.92 Å². The average Bonchev–Trinajstić information content (AvgIpc) is 3.26. The molecule has 162 valence electrons. The molecule has 1 aliphatic heterocycles. The summed E-state index contributed by atoms with van der Waals surface area (Å²) in [6, 6.07) is 14.1. The highest BCUT2D eigenvalue weighted by molar-refractivity contribution is 5.77. The Balaban J connectivity index is 1.45. The SMILES string of the molecule is COc1ccc(CCNC(N)=NCC2CCN(c3ccccc3OC)C2)cc1OC. The Morgan fingerprint density at radius 1 is 1.07 bits per heavy atom. The highest BCUT2D eigenvalue weighted by Gasteiger charge is 2.24. The van der Waals surface area contributed by atoms with Gasteiger partial charge in [0.1, 0.15) is 5.75 Å². The van der Waals surface area contributed by atoms with Gasteiger partial charge in [0.15, 0.2) is 17.5 Å². The van der Waals surface area contributed by atoms with Gasteiger partial charge in [0.2, 0.25) is 0 Å². The number of methoxy groups -OCH3 is 3. The summed E-state index contributed by atoms with van der Waals surface area (Å²) in [6.07, 6.45) is 1.92. The predicted molar refractivity (Wildman–Crippen MR) is 121 cm³/mol. The van der Waals surface area contributed by atoms with Gasteiger partial charge in [-0.2, -0.15) is 0 Å². The standard InChI is InChI=1S/C23H32N4O3/c1-28-20-7-5-4-6-19(20)27-13-11-18(16-27)15-26-23(24)25-12-10-17-8-9-21(29-2)22(14-17)30-3/h4-9,14,18H,10-13,15-16H2,1-3H3,(H3,24,25,26). The number of nitrogens with one attached hydrogen (secondary N) is 1. The minimum absolute atomic E-state index is 0.487. The smallest absolute Gasteiger partial charge is 0.188 e. The van der Waals surface area contributed by atoms with Gasteiger partial charge in [-0.1, -0.05) is 18.2 Å². The van der Waals surface area contributed by atoms with Crippen LogP contribution in [0.25, 0.3) is 0 Å². The number of rotatable bonds is 9. The van der Waals surface area contributed by atoms with Gasteiger partial charge in [-0.25, -0.2) is 0 Å². The fraction of sp³-hybridized carbons (Fsp3) is 0.435. The van der Waals surface area contributed by atoms with E-state index in [1.54, 1.807) is 21.3 Å². The van der Waals surface area contributed by atoms with Crippen LogP contribution >= 0.6 is 0 Å². The number of ether oxygens (including phenoxy) is 3. The Morgan fingerprint density at radius 2 is 1.83 bits per heavy atom. The molecule has 3 rings (SSSR count). The largest absolute Gasteiger partial charge is 0.495 e. The van der Waals surface area contributed by atoms with Crippen molar-refractivity contribution >= 4 is 11.6 Å². The summed E-state index contributed by atoms with van der Waals surface area (Å²) in [6.45, 7) is 3.40. The van der Waals surface area contributed by atoms with Crippen molar-refractivity contribution in [3.63, 3.8) is 0 Å². The third-order valence-corrected chi connectivity index (χ3v) is 5.40. The highest BCUT2D eigenvalue weighted by Crippen LogP contribution is 2.32. The topological polar surface area (TPSA) is 81.3 Å². The first-order chi connectivity index (χ1) is 14.6. The van der Waals surface area contributed by atoms with Crippen LogP contribution < -0.4 is 30.2 Å². The van der Waals surface area contributed by atoms with Gasteiger partial charge < -0.3 is 30.2 Å². The molecule has 0 aromatic heterocycles. The maximum absolute atomic E-state index is 6.07. The first-order valence-electron chi connectivity index (χ1n) is 10.3. The number of hydrogen-bond donors (Lipinski definition) is 2. The highest BCUT2D eigenvalue weighted by atomic mass is 16.5. The molecule has 0 aliphatic carbocycles. The molecule has 3 N–H and O–H groups in total. The summed E-state index contributed by atoms with van der Waals surface area (Å²) >= 11 is 0. The molecule has 2 aromatic carbocycles. The Labute approximate surface area is 178 Å². The number of nitrogens with zero attached hydrogens (tertiary/aromatic N) is 2. The van der Waals surface area contributed by atoms with E-state index >= 15 is 0 Å². The maximum Gasteiger partial charge on any atom is 0.188 e. The van der Waals surface area contributed by atoms with Crippen LogP contribution in [0.2, 0.25) is 0 Å². The maximum atomic E-state index is 6.07. The molecule has 0 spiro atoms. The molecule has 1 heterocycles. The lowest BCUT2D eigenvalue weighted by molar-refractivity contribution is 0.354. The van der Waals surface area contributed by atoms with Gasteiger partial charge in [0, 0.05) is 26.2 Å². The zero-order chi connectivity index (χ0) is 21.3. The van der Waals surface area contributed by atoms with Crippen molar-refractivity contribution in [1.82, 2.24) is 5.32 Å². The van der Waals surface area contributed by atoms with Crippen molar-refractivity contribution in [2.75, 3.05) is 52.4 Å². The van der Waals surface area contributed by atoms with Crippen LogP contribution in [0.5, 0.6) is 17.2 Å². The molecule has 1 unspecified atom stereocenters. The van der Waals surface area contributed by atoms with E-state index in [1.807, 2.05) is 36.4 Å². The Bertz CT molecular complexity index is 856. The van der Waals surface area contributed by atoms with Gasteiger partial charge in [-0.05, 0) is 48.6 Å². The van der Waals surface area contributed by atoms with E-state index in [1.165, 1.54) is 0 Å². The molecule has 0 bridgehead atoms. The molecular formula is C23H32N4O3. The van der Waals surface area contributed by atoms with Crippen molar-refractivity contribution in [2.24, 2.45) is 16.6 Å². The Hall–Kier alpha value is -3.09. The summed E-state index contributed by atoms with van der Waals surface area (Å²) in [4.78, 5) is 6.91. The number of hydrogen-bond acceptors (Lipinski definition) is 5. The van der Waals surface area contributed by atoms with Gasteiger partial charge in [-0.3, -0.25) is 4.99 Å². The first-order valence-corrected chi connectivity index (χ1v) is 10.3. The van der Waals surface area contributed by atoms with Crippen LogP contribution in [-0.4, -0.2) is 53.5 Å². The van der Waals surface area contributed by atoms with E-state index in [4.69, 9.17) is 19.9 Å². The van der Waals surface area contributed by atoms with E-state index < -0.39 is 0 Å². The summed E-state index contributed by atoms with van der Waals surface area (Å²) in [7, 11) is 4.99. The lowest BCUT2D eigenvalue weighted by atomic mass is 10.1. The second kappa shape index (κ2) is 10.6. The molecule has 1 saturated heterocycles. The third-order valence-electron chi connectivity index (χ3n) is 5.40. The van der Waals surface area contributed by atoms with E-state index in [-0.39, 0.29) is 0 Å².